The lowest BCUT2D eigenvalue weighted by molar-refractivity contribution is -0.126. The molecule has 9 nitrogen and oxygen atoms in total. The van der Waals surface area contributed by atoms with Gasteiger partial charge in [-0.05, 0) is 59.6 Å². The molecule has 0 aliphatic rings. The van der Waals surface area contributed by atoms with Crippen LogP contribution in [0.25, 0.3) is 0 Å². The number of nitrogens with zero attached hydrogens (tertiary/aromatic N) is 4. The van der Waals surface area contributed by atoms with Crippen LogP contribution in [0.3, 0.4) is 0 Å². The number of aromatic nitrogens is 2. The molecule has 0 saturated carbocycles. The molecule has 0 aliphatic heterocycles. The van der Waals surface area contributed by atoms with Crippen LogP contribution < -0.4 is 0 Å². The third kappa shape index (κ3) is 7.98. The number of hydrogen-bond donors (Lipinski definition) is 0. The second kappa shape index (κ2) is 10.2. The quantitative estimate of drug-likeness (QED) is 0.515. The summed E-state index contributed by atoms with van der Waals surface area (Å²) in [6.45, 7) is 10.1. The number of ether oxygens (including phenoxy) is 2. The normalized spacial score (nSPS) is 12.2. The van der Waals surface area contributed by atoms with Gasteiger partial charge in [0.25, 0.3) is 0 Å². The van der Waals surface area contributed by atoms with Crippen molar-refractivity contribution in [3.8, 4) is 0 Å². The van der Waals surface area contributed by atoms with Crippen LogP contribution in [0.15, 0.2) is 53.8 Å². The number of amides is 3. The van der Waals surface area contributed by atoms with Crippen molar-refractivity contribution in [2.24, 2.45) is 4.99 Å². The van der Waals surface area contributed by atoms with Gasteiger partial charge in [-0.15, -0.1) is 4.99 Å². The van der Waals surface area contributed by atoms with Crippen molar-refractivity contribution < 1.29 is 23.9 Å². The van der Waals surface area contributed by atoms with Gasteiger partial charge in [-0.2, -0.15) is 10.00 Å². The second-order valence-corrected chi connectivity index (χ2v) is 9.04. The third-order valence-electron chi connectivity index (χ3n) is 3.79. The minimum Gasteiger partial charge on any atom is -0.443 e. The molecule has 172 valence electrons. The largest absolute Gasteiger partial charge is 0.443 e. The van der Waals surface area contributed by atoms with Gasteiger partial charge < -0.3 is 9.47 Å². The van der Waals surface area contributed by atoms with Gasteiger partial charge in [0.2, 0.25) is 11.9 Å². The van der Waals surface area contributed by atoms with Gasteiger partial charge in [0.1, 0.15) is 11.2 Å². The van der Waals surface area contributed by atoms with E-state index in [2.05, 4.69) is 10.1 Å². The molecule has 0 atom stereocenters. The van der Waals surface area contributed by atoms with E-state index in [9.17, 15) is 14.4 Å². The zero-order chi connectivity index (χ0) is 23.9. The third-order valence-corrected chi connectivity index (χ3v) is 3.79. The number of imide groups is 1. The maximum Gasteiger partial charge on any atom is 0.437 e. The highest BCUT2D eigenvalue weighted by molar-refractivity contribution is 6.12. The summed E-state index contributed by atoms with van der Waals surface area (Å²) in [6, 6.07) is 11.0. The Labute approximate surface area is 188 Å². The minimum absolute atomic E-state index is 0.0160. The van der Waals surface area contributed by atoms with Gasteiger partial charge in [0.05, 0.1) is 0 Å². The SMILES string of the molecule is CC(C)(C)OC(=O)N=C(N(C(=O)CCc1ccccc1)C(=O)OC(C)(C)C)n1cccn1. The number of aryl methyl sites for hydroxylation is 1. The number of hydrogen-bond acceptors (Lipinski definition) is 6. The molecule has 0 unspecified atom stereocenters. The summed E-state index contributed by atoms with van der Waals surface area (Å²) < 4.78 is 11.8. The fourth-order valence-electron chi connectivity index (χ4n) is 2.57. The van der Waals surface area contributed by atoms with Crippen LogP contribution in [0.1, 0.15) is 53.5 Å². The molecule has 0 radical (unpaired) electrons. The van der Waals surface area contributed by atoms with E-state index in [4.69, 9.17) is 9.47 Å². The molecule has 0 N–H and O–H groups in total. The predicted molar refractivity (Wildman–Crippen MR) is 119 cm³/mol. The first kappa shape index (κ1) is 24.8. The molecule has 0 fully saturated rings. The number of carbonyl (C=O) groups excluding carboxylic acids is 3. The molecule has 2 rings (SSSR count). The highest BCUT2D eigenvalue weighted by atomic mass is 16.6. The van der Waals surface area contributed by atoms with Crippen LogP contribution in [-0.4, -0.2) is 49.9 Å². The number of carbonyl (C=O) groups is 3. The Balaban J connectivity index is 2.43. The second-order valence-electron chi connectivity index (χ2n) is 9.04. The van der Waals surface area contributed by atoms with Gasteiger partial charge in [-0.1, -0.05) is 30.3 Å². The molecule has 0 saturated heterocycles. The summed E-state index contributed by atoms with van der Waals surface area (Å²) in [6.07, 6.45) is 1.34. The lowest BCUT2D eigenvalue weighted by Gasteiger charge is -2.27. The van der Waals surface area contributed by atoms with Crippen molar-refractivity contribution in [1.29, 1.82) is 0 Å². The monoisotopic (exact) mass is 442 g/mol. The van der Waals surface area contributed by atoms with Crippen molar-refractivity contribution in [1.82, 2.24) is 14.7 Å². The lowest BCUT2D eigenvalue weighted by atomic mass is 10.1. The molecule has 0 bridgehead atoms. The fourth-order valence-corrected chi connectivity index (χ4v) is 2.57. The van der Waals surface area contributed by atoms with Crippen molar-refractivity contribution in [2.45, 2.75) is 65.6 Å². The van der Waals surface area contributed by atoms with Gasteiger partial charge in [0.15, 0.2) is 0 Å². The topological polar surface area (TPSA) is 103 Å². The van der Waals surface area contributed by atoms with E-state index < -0.39 is 29.3 Å². The molecule has 9 heteroatoms. The highest BCUT2D eigenvalue weighted by Crippen LogP contribution is 2.15. The van der Waals surface area contributed by atoms with Crippen LogP contribution >= 0.6 is 0 Å². The molecule has 0 aliphatic carbocycles. The van der Waals surface area contributed by atoms with Gasteiger partial charge >= 0.3 is 12.2 Å². The summed E-state index contributed by atoms with van der Waals surface area (Å²) in [5, 5.41) is 4.04. The van der Waals surface area contributed by atoms with Crippen LogP contribution in [0.5, 0.6) is 0 Å². The summed E-state index contributed by atoms with van der Waals surface area (Å²) in [5.41, 5.74) is -0.769. The average molecular weight is 443 g/mol. The molecule has 0 spiro atoms. The summed E-state index contributed by atoms with van der Waals surface area (Å²) in [7, 11) is 0. The fraction of sp³-hybridized carbons (Fsp3) is 0.435. The zero-order valence-corrected chi connectivity index (χ0v) is 19.4. The molecule has 3 amide bonds. The van der Waals surface area contributed by atoms with Crippen molar-refractivity contribution in [2.75, 3.05) is 0 Å². The smallest absolute Gasteiger partial charge is 0.437 e. The Morgan fingerprint density at radius 3 is 2.12 bits per heavy atom. The molecule has 32 heavy (non-hydrogen) atoms. The first-order chi connectivity index (χ1) is 14.9. The Morgan fingerprint density at radius 1 is 0.969 bits per heavy atom. The predicted octanol–water partition coefficient (Wildman–Crippen LogP) is 4.42. The van der Waals surface area contributed by atoms with Crippen molar-refractivity contribution >= 4 is 24.1 Å². The van der Waals surface area contributed by atoms with Gasteiger partial charge in [0, 0.05) is 18.8 Å². The first-order valence-corrected chi connectivity index (χ1v) is 10.3. The summed E-state index contributed by atoms with van der Waals surface area (Å²) >= 11 is 0. The Kier molecular flexibility index (Phi) is 7.91. The molecule has 1 aromatic carbocycles. The van der Waals surface area contributed by atoms with E-state index in [-0.39, 0.29) is 12.4 Å². The number of benzene rings is 1. The molecule has 1 heterocycles. The van der Waals surface area contributed by atoms with E-state index in [0.717, 1.165) is 15.1 Å². The molecule has 1 aromatic heterocycles. The van der Waals surface area contributed by atoms with E-state index in [0.29, 0.717) is 6.42 Å². The van der Waals surface area contributed by atoms with Crippen LogP contribution in [0.4, 0.5) is 9.59 Å². The van der Waals surface area contributed by atoms with Crippen molar-refractivity contribution in [3.05, 3.63) is 54.4 Å². The van der Waals surface area contributed by atoms with E-state index >= 15 is 0 Å². The maximum absolute atomic E-state index is 13.2. The first-order valence-electron chi connectivity index (χ1n) is 10.3. The molecular formula is C23H30N4O5. The van der Waals surface area contributed by atoms with Crippen LogP contribution in [0, 0.1) is 0 Å². The maximum atomic E-state index is 13.2. The average Bonchev–Trinajstić information content (AvgIpc) is 3.18. The van der Waals surface area contributed by atoms with E-state index in [1.165, 1.54) is 12.4 Å². The standard InChI is InChI=1S/C23H30N4O5/c1-22(2,3)31-20(29)25-19(26-16-10-15-24-26)27(21(30)32-23(4,5)6)18(28)14-13-17-11-8-7-9-12-17/h7-12,15-16H,13-14H2,1-6H3. The lowest BCUT2D eigenvalue weighted by Crippen LogP contribution is -2.48. The van der Waals surface area contributed by atoms with Crippen LogP contribution in [0.2, 0.25) is 0 Å². The summed E-state index contributed by atoms with van der Waals surface area (Å²) in [4.78, 5) is 43.3. The van der Waals surface area contributed by atoms with E-state index in [1.807, 2.05) is 30.3 Å². The van der Waals surface area contributed by atoms with Crippen LogP contribution in [-0.2, 0) is 20.7 Å². The highest BCUT2D eigenvalue weighted by Gasteiger charge is 2.33. The van der Waals surface area contributed by atoms with Gasteiger partial charge in [-0.3, -0.25) is 4.79 Å². The Bertz CT molecular complexity index is 955. The van der Waals surface area contributed by atoms with E-state index in [1.54, 1.807) is 47.6 Å². The number of aliphatic imine (C=N–C) groups is 1. The Morgan fingerprint density at radius 2 is 1.59 bits per heavy atom. The number of rotatable bonds is 3. The van der Waals surface area contributed by atoms with Gasteiger partial charge in [-0.25, -0.2) is 14.3 Å². The van der Waals surface area contributed by atoms with Crippen molar-refractivity contribution in [3.63, 3.8) is 0 Å². The Hall–Kier alpha value is -3.49. The minimum atomic E-state index is -0.965. The summed E-state index contributed by atoms with van der Waals surface area (Å²) in [5.74, 6) is -0.919. The zero-order valence-electron chi connectivity index (χ0n) is 19.4. The molecule has 2 aromatic rings. The molecular weight excluding hydrogens is 412 g/mol.